The van der Waals surface area contributed by atoms with Crippen LogP contribution >= 0.6 is 11.3 Å². The van der Waals surface area contributed by atoms with Crippen LogP contribution in [0.25, 0.3) is 0 Å². The first-order valence-electron chi connectivity index (χ1n) is 9.34. The smallest absolute Gasteiger partial charge is 0.225 e. The first kappa shape index (κ1) is 19.6. The summed E-state index contributed by atoms with van der Waals surface area (Å²) < 4.78 is 5.55. The third kappa shape index (κ3) is 4.56. The van der Waals surface area contributed by atoms with Gasteiger partial charge in [-0.1, -0.05) is 31.2 Å². The average molecular weight is 384 g/mol. The number of hydrogen-bond acceptors (Lipinski definition) is 5. The summed E-state index contributed by atoms with van der Waals surface area (Å²) in [7, 11) is 0. The monoisotopic (exact) mass is 383 g/mol. The summed E-state index contributed by atoms with van der Waals surface area (Å²) in [5, 5.41) is 16.5. The van der Waals surface area contributed by atoms with Crippen LogP contribution < -0.4 is 10.6 Å². The number of ether oxygens (including phenoxy) is 1. The molecule has 1 amide bonds. The molecular weight excluding hydrogens is 358 g/mol. The minimum Gasteiger partial charge on any atom is -0.377 e. The minimum absolute atomic E-state index is 0.0585. The van der Waals surface area contributed by atoms with Crippen molar-refractivity contribution in [2.75, 3.05) is 18.5 Å². The summed E-state index contributed by atoms with van der Waals surface area (Å²) in [5.41, 5.74) is 3.98. The Morgan fingerprint density at radius 1 is 1.44 bits per heavy atom. The largest absolute Gasteiger partial charge is 0.377 e. The van der Waals surface area contributed by atoms with Gasteiger partial charge in [-0.25, -0.2) is 0 Å². The van der Waals surface area contributed by atoms with Gasteiger partial charge in [0.15, 0.2) is 0 Å². The molecule has 0 spiro atoms. The number of fused-ring (bicyclic) bond motifs is 1. The van der Waals surface area contributed by atoms with Gasteiger partial charge in [-0.05, 0) is 42.5 Å². The number of benzene rings is 1. The fourth-order valence-corrected chi connectivity index (χ4v) is 4.65. The van der Waals surface area contributed by atoms with E-state index in [9.17, 15) is 10.1 Å². The molecule has 2 N–H and O–H groups in total. The van der Waals surface area contributed by atoms with Crippen molar-refractivity contribution in [1.82, 2.24) is 5.32 Å². The zero-order valence-corrected chi connectivity index (χ0v) is 16.6. The molecule has 3 rings (SSSR count). The van der Waals surface area contributed by atoms with Crippen molar-refractivity contribution in [1.29, 1.82) is 5.26 Å². The molecule has 0 bridgehead atoms. The van der Waals surface area contributed by atoms with Crippen LogP contribution in [0.5, 0.6) is 0 Å². The number of amides is 1. The Labute approximate surface area is 164 Å². The van der Waals surface area contributed by atoms with Gasteiger partial charge in [-0.15, -0.1) is 11.3 Å². The lowest BCUT2D eigenvalue weighted by Gasteiger charge is -2.16. The number of carbonyl (C=O) groups is 1. The molecule has 6 heteroatoms. The Morgan fingerprint density at radius 3 is 3.04 bits per heavy atom. The van der Waals surface area contributed by atoms with Crippen LogP contribution in [0.15, 0.2) is 24.3 Å². The Balaban J connectivity index is 1.70. The number of rotatable bonds is 7. The van der Waals surface area contributed by atoms with Crippen LogP contribution in [-0.2, 0) is 29.1 Å². The van der Waals surface area contributed by atoms with Gasteiger partial charge >= 0.3 is 0 Å². The van der Waals surface area contributed by atoms with E-state index in [-0.39, 0.29) is 11.8 Å². The number of anilines is 1. The maximum Gasteiger partial charge on any atom is 0.225 e. The maximum absolute atomic E-state index is 12.6. The second-order valence-corrected chi connectivity index (χ2v) is 7.84. The van der Waals surface area contributed by atoms with E-state index >= 15 is 0 Å². The first-order valence-corrected chi connectivity index (χ1v) is 10.2. The van der Waals surface area contributed by atoms with Crippen molar-refractivity contribution in [3.8, 4) is 6.07 Å². The lowest BCUT2D eigenvalue weighted by molar-refractivity contribution is -0.116. The van der Waals surface area contributed by atoms with Crippen LogP contribution in [0.4, 0.5) is 5.00 Å². The summed E-state index contributed by atoms with van der Waals surface area (Å²) in [6.07, 6.45) is 1.21. The van der Waals surface area contributed by atoms with Gasteiger partial charge in [0.2, 0.25) is 5.91 Å². The fourth-order valence-electron chi connectivity index (χ4n) is 3.47. The minimum atomic E-state index is -0.0585. The quantitative estimate of drug-likeness (QED) is 0.760. The lowest BCUT2D eigenvalue weighted by Crippen LogP contribution is -2.22. The first-order chi connectivity index (χ1) is 13.1. The van der Waals surface area contributed by atoms with E-state index in [1.165, 1.54) is 11.3 Å². The third-order valence-corrected chi connectivity index (χ3v) is 5.98. The predicted octanol–water partition coefficient (Wildman–Crippen LogP) is 3.93. The van der Waals surface area contributed by atoms with Gasteiger partial charge < -0.3 is 15.4 Å². The molecule has 0 aliphatic carbocycles. The topological polar surface area (TPSA) is 74.1 Å². The Kier molecular flexibility index (Phi) is 6.62. The summed E-state index contributed by atoms with van der Waals surface area (Å²) in [5.74, 6) is 0.0141. The fraction of sp³-hybridized carbons (Fsp3) is 0.429. The number of thiophene rings is 1. The van der Waals surface area contributed by atoms with Crippen LogP contribution in [0.1, 0.15) is 53.3 Å². The zero-order chi connectivity index (χ0) is 19.2. The van der Waals surface area contributed by atoms with E-state index < -0.39 is 0 Å². The molecule has 1 aromatic heterocycles. The third-order valence-electron chi connectivity index (χ3n) is 4.83. The normalized spacial score (nSPS) is 14.3. The number of nitriles is 1. The molecule has 1 aliphatic rings. The van der Waals surface area contributed by atoms with Crippen LogP contribution in [0, 0.1) is 11.3 Å². The van der Waals surface area contributed by atoms with Crippen LogP contribution in [0.3, 0.4) is 0 Å². The van der Waals surface area contributed by atoms with E-state index in [0.29, 0.717) is 30.2 Å². The summed E-state index contributed by atoms with van der Waals surface area (Å²) in [6.45, 7) is 6.90. The van der Waals surface area contributed by atoms with Gasteiger partial charge in [-0.2, -0.15) is 5.26 Å². The Hall–Kier alpha value is -2.20. The molecule has 1 aromatic carbocycles. The molecule has 2 aromatic rings. The molecule has 1 atom stereocenters. The standard InChI is InChI=1S/C21H25N3O2S/c1-3-26-13-15-6-4-5-7-16(15)14(2)10-20(25)24-21-18(11-22)17-8-9-23-12-19(17)27-21/h4-7,14,23H,3,8-10,12-13H2,1-2H3,(H,24,25). The van der Waals surface area contributed by atoms with Crippen molar-refractivity contribution < 1.29 is 9.53 Å². The molecule has 0 saturated carbocycles. The van der Waals surface area contributed by atoms with Crippen LogP contribution in [0.2, 0.25) is 0 Å². The van der Waals surface area contributed by atoms with E-state index in [2.05, 4.69) is 29.7 Å². The summed E-state index contributed by atoms with van der Waals surface area (Å²) >= 11 is 1.52. The second kappa shape index (κ2) is 9.14. The highest BCUT2D eigenvalue weighted by atomic mass is 32.1. The maximum atomic E-state index is 12.6. The van der Waals surface area contributed by atoms with E-state index in [4.69, 9.17) is 4.74 Å². The number of carbonyl (C=O) groups excluding carboxylic acids is 1. The van der Waals surface area contributed by atoms with Gasteiger partial charge in [0.05, 0.1) is 12.2 Å². The highest BCUT2D eigenvalue weighted by molar-refractivity contribution is 7.16. The van der Waals surface area contributed by atoms with Crippen molar-refractivity contribution >= 4 is 22.2 Å². The molecule has 1 aliphatic heterocycles. The zero-order valence-electron chi connectivity index (χ0n) is 15.8. The van der Waals surface area contributed by atoms with Crippen molar-refractivity contribution in [2.24, 2.45) is 0 Å². The Morgan fingerprint density at radius 2 is 2.26 bits per heavy atom. The highest BCUT2D eigenvalue weighted by Crippen LogP contribution is 2.35. The molecule has 1 unspecified atom stereocenters. The molecule has 0 saturated heterocycles. The van der Waals surface area contributed by atoms with Crippen LogP contribution in [-0.4, -0.2) is 19.1 Å². The molecule has 2 heterocycles. The Bertz CT molecular complexity index is 854. The molecule has 0 fully saturated rings. The SMILES string of the molecule is CCOCc1ccccc1C(C)CC(=O)Nc1sc2c(c1C#N)CCNC2. The lowest BCUT2D eigenvalue weighted by atomic mass is 9.93. The molecule has 27 heavy (non-hydrogen) atoms. The van der Waals surface area contributed by atoms with Gasteiger partial charge in [-0.3, -0.25) is 4.79 Å². The number of nitrogens with one attached hydrogen (secondary N) is 2. The predicted molar refractivity (Wildman–Crippen MR) is 108 cm³/mol. The summed E-state index contributed by atoms with van der Waals surface area (Å²) in [6, 6.07) is 10.4. The average Bonchev–Trinajstić information content (AvgIpc) is 3.03. The van der Waals surface area contributed by atoms with Gasteiger partial charge in [0, 0.05) is 24.4 Å². The highest BCUT2D eigenvalue weighted by Gasteiger charge is 2.22. The van der Waals surface area contributed by atoms with Crippen molar-refractivity contribution in [3.63, 3.8) is 0 Å². The van der Waals surface area contributed by atoms with E-state index in [1.54, 1.807) is 0 Å². The van der Waals surface area contributed by atoms with Crippen molar-refractivity contribution in [2.45, 2.75) is 45.8 Å². The molecule has 0 radical (unpaired) electrons. The van der Waals surface area contributed by atoms with Crippen molar-refractivity contribution in [3.05, 3.63) is 51.4 Å². The number of hydrogen-bond donors (Lipinski definition) is 2. The van der Waals surface area contributed by atoms with Gasteiger partial charge in [0.1, 0.15) is 11.1 Å². The molecule has 142 valence electrons. The second-order valence-electron chi connectivity index (χ2n) is 6.74. The molecule has 5 nitrogen and oxygen atoms in total. The van der Waals surface area contributed by atoms with E-state index in [0.717, 1.165) is 41.1 Å². The number of nitrogens with zero attached hydrogens (tertiary/aromatic N) is 1. The van der Waals surface area contributed by atoms with E-state index in [1.807, 2.05) is 25.1 Å². The summed E-state index contributed by atoms with van der Waals surface area (Å²) in [4.78, 5) is 13.8. The molecular formula is C21H25N3O2S. The van der Waals surface area contributed by atoms with Gasteiger partial charge in [0.25, 0.3) is 0 Å².